The molecule has 0 spiro atoms. The van der Waals surface area contributed by atoms with Crippen molar-refractivity contribution < 1.29 is 22.1 Å². The molecule has 1 rings (SSSR count). The van der Waals surface area contributed by atoms with Gasteiger partial charge in [0.2, 0.25) is 10.0 Å². The zero-order chi connectivity index (χ0) is 15.7. The lowest BCUT2D eigenvalue weighted by atomic mass is 10.2. The molecule has 1 aromatic rings. The van der Waals surface area contributed by atoms with E-state index in [1.807, 2.05) is 0 Å². The van der Waals surface area contributed by atoms with Gasteiger partial charge in [-0.05, 0) is 18.6 Å². The molecular formula is C10H13F2N3O4S. The fourth-order valence-corrected chi connectivity index (χ4v) is 2.97. The molecule has 2 N–H and O–H groups in total. The van der Waals surface area contributed by atoms with Gasteiger partial charge in [-0.15, -0.1) is 0 Å². The molecule has 0 aromatic heterocycles. The maximum Gasteiger partial charge on any atom is 0.293 e. The lowest BCUT2D eigenvalue weighted by Gasteiger charge is -2.18. The van der Waals surface area contributed by atoms with Crippen molar-refractivity contribution in [3.63, 3.8) is 0 Å². The molecule has 0 unspecified atom stereocenters. The molecule has 0 fully saturated rings. The van der Waals surface area contributed by atoms with E-state index in [2.05, 4.69) is 0 Å². The zero-order valence-corrected chi connectivity index (χ0v) is 11.5. The van der Waals surface area contributed by atoms with E-state index in [9.17, 15) is 27.3 Å². The number of nitrogen functional groups attached to an aromatic ring is 1. The summed E-state index contributed by atoms with van der Waals surface area (Å²) in [4.78, 5) is 9.51. The van der Waals surface area contributed by atoms with Crippen LogP contribution in [0.1, 0.15) is 5.56 Å². The number of anilines is 1. The summed E-state index contributed by atoms with van der Waals surface area (Å²) >= 11 is 0. The molecule has 7 nitrogen and oxygen atoms in total. The van der Waals surface area contributed by atoms with Crippen molar-refractivity contribution in [2.24, 2.45) is 0 Å². The van der Waals surface area contributed by atoms with Crippen LogP contribution in [0.2, 0.25) is 0 Å². The summed E-state index contributed by atoms with van der Waals surface area (Å²) in [5.74, 6) is 0. The number of aryl methyl sites for hydroxylation is 1. The number of rotatable bonds is 5. The monoisotopic (exact) mass is 309 g/mol. The number of nitrogens with two attached hydrogens (primary N) is 1. The van der Waals surface area contributed by atoms with Gasteiger partial charge in [0.25, 0.3) is 12.1 Å². The van der Waals surface area contributed by atoms with Gasteiger partial charge in [0.05, 0.1) is 16.4 Å². The molecule has 1 aromatic carbocycles. The molecule has 0 aliphatic rings. The Kier molecular flexibility index (Phi) is 4.61. The average molecular weight is 309 g/mol. The van der Waals surface area contributed by atoms with Gasteiger partial charge < -0.3 is 5.73 Å². The van der Waals surface area contributed by atoms with E-state index in [0.717, 1.165) is 19.2 Å². The van der Waals surface area contributed by atoms with Crippen LogP contribution in [-0.4, -0.2) is 37.7 Å². The number of hydrogen-bond acceptors (Lipinski definition) is 5. The molecule has 0 saturated heterocycles. The number of nitro groups is 1. The average Bonchev–Trinajstić information content (AvgIpc) is 2.26. The van der Waals surface area contributed by atoms with Gasteiger partial charge in [-0.25, -0.2) is 17.2 Å². The minimum Gasteiger partial charge on any atom is -0.393 e. The first-order valence-electron chi connectivity index (χ1n) is 5.36. The third-order valence-electron chi connectivity index (χ3n) is 2.60. The Morgan fingerprint density at radius 3 is 2.45 bits per heavy atom. The van der Waals surface area contributed by atoms with Crippen LogP contribution < -0.4 is 5.73 Å². The Hall–Kier alpha value is -1.81. The van der Waals surface area contributed by atoms with Crippen molar-refractivity contribution in [2.75, 3.05) is 19.3 Å². The summed E-state index contributed by atoms with van der Waals surface area (Å²) in [7, 11) is -3.27. The minimum absolute atomic E-state index is 0.147. The van der Waals surface area contributed by atoms with Crippen molar-refractivity contribution in [3.8, 4) is 0 Å². The summed E-state index contributed by atoms with van der Waals surface area (Å²) in [6.07, 6.45) is -2.85. The van der Waals surface area contributed by atoms with E-state index in [1.54, 1.807) is 0 Å². The minimum atomic E-state index is -4.24. The lowest BCUT2D eigenvalue weighted by molar-refractivity contribution is -0.384. The molecule has 20 heavy (non-hydrogen) atoms. The van der Waals surface area contributed by atoms with Gasteiger partial charge in [-0.2, -0.15) is 4.31 Å². The molecule has 0 heterocycles. The van der Waals surface area contributed by atoms with Crippen LogP contribution in [-0.2, 0) is 10.0 Å². The third-order valence-corrected chi connectivity index (χ3v) is 4.57. The van der Waals surface area contributed by atoms with Gasteiger partial charge in [-0.1, -0.05) is 0 Å². The van der Waals surface area contributed by atoms with Crippen molar-refractivity contribution in [1.82, 2.24) is 4.31 Å². The highest BCUT2D eigenvalue weighted by molar-refractivity contribution is 7.89. The smallest absolute Gasteiger partial charge is 0.293 e. The number of nitrogens with zero attached hydrogens (tertiary/aromatic N) is 2. The van der Waals surface area contributed by atoms with E-state index in [4.69, 9.17) is 5.73 Å². The second-order valence-electron chi connectivity index (χ2n) is 4.11. The number of halogens is 2. The first-order chi connectivity index (χ1) is 9.07. The summed E-state index contributed by atoms with van der Waals surface area (Å²) in [5, 5.41) is 10.8. The van der Waals surface area contributed by atoms with Crippen molar-refractivity contribution in [1.29, 1.82) is 0 Å². The maximum atomic E-state index is 12.3. The molecule has 112 valence electrons. The summed E-state index contributed by atoms with van der Waals surface area (Å²) in [5.41, 5.74) is 4.79. The predicted molar refractivity (Wildman–Crippen MR) is 68.1 cm³/mol. The van der Waals surface area contributed by atoms with Gasteiger partial charge in [0.15, 0.2) is 0 Å². The molecule has 0 aliphatic heterocycles. The largest absolute Gasteiger partial charge is 0.393 e. The molecule has 0 aliphatic carbocycles. The van der Waals surface area contributed by atoms with Gasteiger partial charge in [0, 0.05) is 13.1 Å². The Labute approximate surface area is 114 Å². The normalized spacial score (nSPS) is 12.1. The van der Waals surface area contributed by atoms with Gasteiger partial charge >= 0.3 is 0 Å². The zero-order valence-electron chi connectivity index (χ0n) is 10.7. The fraction of sp³-hybridized carbons (Fsp3) is 0.400. The molecular weight excluding hydrogens is 296 g/mol. The molecule has 0 bridgehead atoms. The Balaban J connectivity index is 3.38. The summed E-state index contributed by atoms with van der Waals surface area (Å²) in [6.45, 7) is 0.378. The molecule has 0 atom stereocenters. The van der Waals surface area contributed by atoms with E-state index in [1.165, 1.54) is 6.92 Å². The van der Waals surface area contributed by atoms with Crippen LogP contribution in [0.4, 0.5) is 20.2 Å². The number of nitro benzene ring substituents is 1. The Morgan fingerprint density at radius 2 is 2.00 bits per heavy atom. The first-order valence-corrected chi connectivity index (χ1v) is 6.80. The highest BCUT2D eigenvalue weighted by Gasteiger charge is 2.28. The van der Waals surface area contributed by atoms with Crippen molar-refractivity contribution in [2.45, 2.75) is 18.2 Å². The third kappa shape index (κ3) is 3.20. The van der Waals surface area contributed by atoms with Crippen molar-refractivity contribution in [3.05, 3.63) is 27.8 Å². The SMILES string of the molecule is Cc1cc(N)c([N+](=O)[O-])cc1S(=O)(=O)N(C)CC(F)F. The highest BCUT2D eigenvalue weighted by Crippen LogP contribution is 2.29. The highest BCUT2D eigenvalue weighted by atomic mass is 32.2. The first kappa shape index (κ1) is 16.2. The van der Waals surface area contributed by atoms with Crippen LogP contribution in [0.15, 0.2) is 17.0 Å². The van der Waals surface area contributed by atoms with E-state index in [0.29, 0.717) is 4.31 Å². The molecule has 10 heteroatoms. The Morgan fingerprint density at radius 1 is 1.45 bits per heavy atom. The number of benzene rings is 1. The van der Waals surface area contributed by atoms with E-state index < -0.39 is 38.5 Å². The second-order valence-corrected chi connectivity index (χ2v) is 6.12. The topological polar surface area (TPSA) is 107 Å². The predicted octanol–water partition coefficient (Wildman–Crippen LogP) is 1.37. The van der Waals surface area contributed by atoms with Crippen LogP contribution in [0, 0.1) is 17.0 Å². The standard InChI is InChI=1S/C10H13F2N3O4S/c1-6-3-7(13)8(15(16)17)4-9(6)20(18,19)14(2)5-10(11)12/h3-4,10H,5,13H2,1-2H3. The van der Waals surface area contributed by atoms with Crippen molar-refractivity contribution >= 4 is 21.4 Å². The van der Waals surface area contributed by atoms with Crippen LogP contribution >= 0.6 is 0 Å². The number of hydrogen-bond donors (Lipinski definition) is 1. The van der Waals surface area contributed by atoms with Gasteiger partial charge in [0.1, 0.15) is 5.69 Å². The molecule has 0 amide bonds. The second kappa shape index (κ2) is 5.67. The number of sulfonamides is 1. The Bertz CT molecular complexity index is 634. The van der Waals surface area contributed by atoms with Crippen LogP contribution in [0.5, 0.6) is 0 Å². The van der Waals surface area contributed by atoms with Gasteiger partial charge in [-0.3, -0.25) is 10.1 Å². The van der Waals surface area contributed by atoms with E-state index >= 15 is 0 Å². The number of alkyl halides is 2. The quantitative estimate of drug-likeness (QED) is 0.502. The van der Waals surface area contributed by atoms with E-state index in [-0.39, 0.29) is 11.3 Å². The van der Waals surface area contributed by atoms with Crippen LogP contribution in [0.25, 0.3) is 0 Å². The van der Waals surface area contributed by atoms with Crippen LogP contribution in [0.3, 0.4) is 0 Å². The fourth-order valence-electron chi connectivity index (χ4n) is 1.60. The summed E-state index contributed by atoms with van der Waals surface area (Å²) < 4.78 is 49.2. The molecule has 0 saturated carbocycles. The summed E-state index contributed by atoms with van der Waals surface area (Å²) in [6, 6.07) is 1.91. The lowest BCUT2D eigenvalue weighted by Crippen LogP contribution is -2.31. The molecule has 0 radical (unpaired) electrons. The maximum absolute atomic E-state index is 12.3.